The molecule has 3 fully saturated rings. The van der Waals surface area contributed by atoms with Crippen molar-refractivity contribution in [3.8, 4) is 0 Å². The van der Waals surface area contributed by atoms with Gasteiger partial charge in [0.25, 0.3) is 0 Å². The molecular weight excluding hydrogens is 500 g/mol. The smallest absolute Gasteiger partial charge is 0.305 e. The standard InChI is InChI=1S/C31H52O8/c1-3-4-6-13-23(38-29-16-9-11-20-36-29)18-19-24-27(39-30-17-10-12-21-37-30)22-26(33)31(24)25(32)14-7-5-8-15-28(34)35-2/h18-19,23-25,27,29-32H,3-17,20-22H2,1-2H3. The van der Waals surface area contributed by atoms with Gasteiger partial charge in [-0.3, -0.25) is 9.59 Å². The second kappa shape index (κ2) is 18.2. The maximum atomic E-state index is 13.2. The van der Waals surface area contributed by atoms with Gasteiger partial charge in [-0.1, -0.05) is 51.2 Å². The zero-order valence-electron chi connectivity index (χ0n) is 24.2. The summed E-state index contributed by atoms with van der Waals surface area (Å²) in [4.78, 5) is 24.6. The molecule has 0 aromatic carbocycles. The van der Waals surface area contributed by atoms with Crippen molar-refractivity contribution in [2.45, 2.75) is 141 Å². The summed E-state index contributed by atoms with van der Waals surface area (Å²) < 4.78 is 29.1. The van der Waals surface area contributed by atoms with E-state index in [0.717, 1.165) is 83.7 Å². The quantitative estimate of drug-likeness (QED) is 0.141. The largest absolute Gasteiger partial charge is 0.469 e. The second-order valence-corrected chi connectivity index (χ2v) is 11.3. The highest BCUT2D eigenvalue weighted by Gasteiger charge is 2.46. The van der Waals surface area contributed by atoms with E-state index in [0.29, 0.717) is 25.9 Å². The van der Waals surface area contributed by atoms with E-state index in [4.69, 9.17) is 23.7 Å². The summed E-state index contributed by atoms with van der Waals surface area (Å²) in [5.74, 6) is -0.923. The number of Topliss-reactive ketones (excluding diaryl/α,β-unsaturated/α-hetero) is 1. The lowest BCUT2D eigenvalue weighted by Gasteiger charge is -2.30. The molecule has 1 saturated carbocycles. The monoisotopic (exact) mass is 552 g/mol. The van der Waals surface area contributed by atoms with Crippen LogP contribution in [0.3, 0.4) is 0 Å². The van der Waals surface area contributed by atoms with Gasteiger partial charge in [0.2, 0.25) is 0 Å². The van der Waals surface area contributed by atoms with E-state index in [1.54, 1.807) is 0 Å². The Kier molecular flexibility index (Phi) is 15.0. The lowest BCUT2D eigenvalue weighted by molar-refractivity contribution is -0.193. The average Bonchev–Trinajstić information content (AvgIpc) is 3.26. The first kappa shape index (κ1) is 32.2. The van der Waals surface area contributed by atoms with Gasteiger partial charge >= 0.3 is 5.97 Å². The van der Waals surface area contributed by atoms with Gasteiger partial charge < -0.3 is 28.8 Å². The Morgan fingerprint density at radius 1 is 1.00 bits per heavy atom. The number of aliphatic hydroxyl groups excluding tert-OH is 1. The zero-order chi connectivity index (χ0) is 27.9. The Morgan fingerprint density at radius 2 is 1.72 bits per heavy atom. The molecule has 0 radical (unpaired) electrons. The summed E-state index contributed by atoms with van der Waals surface area (Å²) in [6.07, 6.45) is 16.2. The van der Waals surface area contributed by atoms with Crippen LogP contribution in [0, 0.1) is 11.8 Å². The van der Waals surface area contributed by atoms with Crippen molar-refractivity contribution >= 4 is 11.8 Å². The Hall–Kier alpha value is -1.32. The number of ketones is 1. The van der Waals surface area contributed by atoms with E-state index in [9.17, 15) is 14.7 Å². The molecule has 2 saturated heterocycles. The fourth-order valence-corrected chi connectivity index (χ4v) is 5.94. The predicted octanol–water partition coefficient (Wildman–Crippen LogP) is 5.64. The third-order valence-electron chi connectivity index (χ3n) is 8.21. The Labute approximate surface area is 235 Å². The zero-order valence-corrected chi connectivity index (χ0v) is 24.2. The van der Waals surface area contributed by atoms with Crippen LogP contribution in [0.2, 0.25) is 0 Å². The van der Waals surface area contributed by atoms with Crippen LogP contribution in [0.5, 0.6) is 0 Å². The molecule has 3 aliphatic rings. The highest BCUT2D eigenvalue weighted by atomic mass is 16.7. The van der Waals surface area contributed by atoms with Crippen LogP contribution in [-0.4, -0.2) is 68.1 Å². The molecule has 2 heterocycles. The maximum Gasteiger partial charge on any atom is 0.305 e. The molecule has 1 aliphatic carbocycles. The van der Waals surface area contributed by atoms with Gasteiger partial charge in [-0.25, -0.2) is 0 Å². The molecule has 0 aromatic heterocycles. The number of esters is 1. The first-order valence-electron chi connectivity index (χ1n) is 15.5. The van der Waals surface area contributed by atoms with E-state index in [1.807, 2.05) is 0 Å². The molecule has 7 unspecified atom stereocenters. The van der Waals surface area contributed by atoms with Gasteiger partial charge in [0, 0.05) is 32.0 Å². The fraction of sp³-hybridized carbons (Fsp3) is 0.871. The Bertz CT molecular complexity index is 728. The molecule has 1 N–H and O–H groups in total. The van der Waals surface area contributed by atoms with Crippen LogP contribution >= 0.6 is 0 Å². The van der Waals surface area contributed by atoms with E-state index in [2.05, 4.69) is 19.1 Å². The molecular formula is C31H52O8. The summed E-state index contributed by atoms with van der Waals surface area (Å²) in [5.41, 5.74) is 0. The minimum Gasteiger partial charge on any atom is -0.469 e. The highest BCUT2D eigenvalue weighted by molar-refractivity contribution is 5.85. The van der Waals surface area contributed by atoms with Crippen molar-refractivity contribution in [1.29, 1.82) is 0 Å². The van der Waals surface area contributed by atoms with E-state index >= 15 is 0 Å². The van der Waals surface area contributed by atoms with Crippen LogP contribution < -0.4 is 0 Å². The minimum atomic E-state index is -0.757. The molecule has 224 valence electrons. The fourth-order valence-electron chi connectivity index (χ4n) is 5.94. The highest BCUT2D eigenvalue weighted by Crippen LogP contribution is 2.38. The molecule has 8 nitrogen and oxygen atoms in total. The Morgan fingerprint density at radius 3 is 2.38 bits per heavy atom. The molecule has 8 heteroatoms. The van der Waals surface area contributed by atoms with E-state index in [-0.39, 0.29) is 48.9 Å². The van der Waals surface area contributed by atoms with Crippen LogP contribution in [0.4, 0.5) is 0 Å². The summed E-state index contributed by atoms with van der Waals surface area (Å²) >= 11 is 0. The van der Waals surface area contributed by atoms with Crippen LogP contribution in [0.25, 0.3) is 0 Å². The summed E-state index contributed by atoms with van der Waals surface area (Å²) in [7, 11) is 1.39. The van der Waals surface area contributed by atoms with Crippen LogP contribution in [0.1, 0.15) is 110 Å². The number of methoxy groups -OCH3 is 1. The van der Waals surface area contributed by atoms with Gasteiger partial charge in [0.15, 0.2) is 12.6 Å². The number of aliphatic hydroxyl groups is 1. The molecule has 3 rings (SSSR count). The third-order valence-corrected chi connectivity index (χ3v) is 8.21. The van der Waals surface area contributed by atoms with E-state index in [1.165, 1.54) is 7.11 Å². The molecule has 2 aliphatic heterocycles. The van der Waals surface area contributed by atoms with Crippen molar-refractivity contribution < 1.29 is 38.4 Å². The Balaban J connectivity index is 1.67. The van der Waals surface area contributed by atoms with Gasteiger partial charge in [-0.15, -0.1) is 0 Å². The molecule has 7 atom stereocenters. The lowest BCUT2D eigenvalue weighted by atomic mass is 9.86. The van der Waals surface area contributed by atoms with Gasteiger partial charge in [-0.2, -0.15) is 0 Å². The number of hydrogen-bond donors (Lipinski definition) is 1. The molecule has 0 spiro atoms. The summed E-state index contributed by atoms with van der Waals surface area (Å²) in [6, 6.07) is 0. The number of unbranched alkanes of at least 4 members (excludes halogenated alkanes) is 4. The van der Waals surface area contributed by atoms with Crippen molar-refractivity contribution in [2.24, 2.45) is 11.8 Å². The number of carbonyl (C=O) groups is 2. The molecule has 39 heavy (non-hydrogen) atoms. The van der Waals surface area contributed by atoms with Crippen LogP contribution in [0.15, 0.2) is 12.2 Å². The number of ether oxygens (including phenoxy) is 5. The van der Waals surface area contributed by atoms with Gasteiger partial charge in [-0.05, 0) is 57.8 Å². The SMILES string of the molecule is CCCCCC(C=CC1C(OC2CCCCO2)CC(=O)C1C(O)CCCCCC(=O)OC)OC1CCCCO1. The number of carbonyl (C=O) groups excluding carboxylic acids is 2. The third kappa shape index (κ3) is 11.2. The van der Waals surface area contributed by atoms with Gasteiger partial charge in [0.1, 0.15) is 5.78 Å². The first-order chi connectivity index (χ1) is 19.0. The normalized spacial score (nSPS) is 29.5. The predicted molar refractivity (Wildman–Crippen MR) is 148 cm³/mol. The van der Waals surface area contributed by atoms with Crippen molar-refractivity contribution in [1.82, 2.24) is 0 Å². The minimum absolute atomic E-state index is 0.0478. The maximum absolute atomic E-state index is 13.2. The molecule has 0 aromatic rings. The van der Waals surface area contributed by atoms with Gasteiger partial charge in [0.05, 0.1) is 31.3 Å². The topological polar surface area (TPSA) is 101 Å². The molecule has 0 bridgehead atoms. The van der Waals surface area contributed by atoms with E-state index < -0.39 is 12.0 Å². The molecule has 0 amide bonds. The van der Waals surface area contributed by atoms with Crippen molar-refractivity contribution in [3.63, 3.8) is 0 Å². The summed E-state index contributed by atoms with van der Waals surface area (Å²) in [6.45, 7) is 3.60. The van der Waals surface area contributed by atoms with Crippen molar-refractivity contribution in [3.05, 3.63) is 12.2 Å². The lowest BCUT2D eigenvalue weighted by Crippen LogP contribution is -2.34. The first-order valence-corrected chi connectivity index (χ1v) is 15.5. The number of rotatable bonds is 17. The average molecular weight is 553 g/mol. The van der Waals surface area contributed by atoms with Crippen LogP contribution in [-0.2, 0) is 33.3 Å². The second-order valence-electron chi connectivity index (χ2n) is 11.3. The summed E-state index contributed by atoms with van der Waals surface area (Å²) in [5, 5.41) is 11.2. The van der Waals surface area contributed by atoms with Crippen molar-refractivity contribution in [2.75, 3.05) is 20.3 Å². The number of hydrogen-bond acceptors (Lipinski definition) is 8.